The van der Waals surface area contributed by atoms with E-state index in [0.717, 1.165) is 102 Å². The third-order valence-corrected chi connectivity index (χ3v) is 18.4. The van der Waals surface area contributed by atoms with Crippen LogP contribution in [-0.2, 0) is 65.4 Å². The van der Waals surface area contributed by atoms with Gasteiger partial charge in [0.05, 0.1) is 26.4 Å². The number of rotatable bonds is 68. The Hall–Kier alpha value is -1.94. The lowest BCUT2D eigenvalue weighted by Gasteiger charge is -2.21. The van der Waals surface area contributed by atoms with E-state index in [1.165, 1.54) is 161 Å². The van der Waals surface area contributed by atoms with Gasteiger partial charge in [-0.15, -0.1) is 0 Å². The molecule has 0 heterocycles. The molecule has 0 aromatic carbocycles. The maximum atomic E-state index is 13.0. The molecule has 0 saturated carbocycles. The van der Waals surface area contributed by atoms with Crippen LogP contribution < -0.4 is 0 Å². The van der Waals surface area contributed by atoms with Gasteiger partial charge in [-0.1, -0.05) is 299 Å². The number of phosphoric ester groups is 2. The summed E-state index contributed by atoms with van der Waals surface area (Å²) in [7, 11) is -9.90. The van der Waals surface area contributed by atoms with Crippen LogP contribution in [0.25, 0.3) is 0 Å². The second-order valence-corrected chi connectivity index (χ2v) is 29.4. The van der Waals surface area contributed by atoms with Crippen molar-refractivity contribution in [3.05, 3.63) is 0 Å². The predicted octanol–water partition coefficient (Wildman–Crippen LogP) is 19.8. The zero-order valence-corrected chi connectivity index (χ0v) is 59.7. The second-order valence-electron chi connectivity index (χ2n) is 26.5. The number of ether oxygens (including phenoxy) is 4. The summed E-state index contributed by atoms with van der Waals surface area (Å²) in [5.74, 6) is 0.142. The van der Waals surface area contributed by atoms with Crippen molar-refractivity contribution in [3.8, 4) is 0 Å². The Morgan fingerprint density at radius 1 is 0.326 bits per heavy atom. The molecule has 0 aromatic heterocycles. The first-order valence-corrected chi connectivity index (χ1v) is 39.4. The average molecular weight is 1310 g/mol. The molecule has 17 nitrogen and oxygen atoms in total. The maximum Gasteiger partial charge on any atom is 0.472 e. The molecule has 0 amide bonds. The minimum absolute atomic E-state index is 0.102. The van der Waals surface area contributed by atoms with Crippen LogP contribution in [0.1, 0.15) is 350 Å². The monoisotopic (exact) mass is 1310 g/mol. The Labute approximate surface area is 543 Å². The smallest absolute Gasteiger partial charge is 0.462 e. The van der Waals surface area contributed by atoms with Crippen molar-refractivity contribution in [2.45, 2.75) is 369 Å². The summed E-state index contributed by atoms with van der Waals surface area (Å²) in [6.07, 6.45) is 44.6. The molecule has 0 radical (unpaired) electrons. The first-order valence-electron chi connectivity index (χ1n) is 36.4. The fourth-order valence-corrected chi connectivity index (χ4v) is 12.1. The van der Waals surface area contributed by atoms with Gasteiger partial charge in [0.1, 0.15) is 19.3 Å². The molecule has 0 aliphatic heterocycles. The van der Waals surface area contributed by atoms with Crippen LogP contribution in [-0.4, -0.2) is 96.7 Å². The number of hydrogen-bond donors (Lipinski definition) is 3. The van der Waals surface area contributed by atoms with E-state index in [0.29, 0.717) is 31.6 Å². The summed E-state index contributed by atoms with van der Waals surface area (Å²) < 4.78 is 68.2. The third kappa shape index (κ3) is 63.2. The third-order valence-electron chi connectivity index (χ3n) is 16.5. The largest absolute Gasteiger partial charge is 0.472 e. The summed E-state index contributed by atoms with van der Waals surface area (Å²) >= 11 is 0. The van der Waals surface area contributed by atoms with E-state index in [1.54, 1.807) is 0 Å². The Bertz CT molecular complexity index is 1750. The standard InChI is InChI=1S/C70H136O17P2/c1-8-10-11-12-13-22-29-37-44-51-67(72)80-58-66(87-70(75)54-47-40-33-32-35-42-49-62(5)6)60-85-89(78,79)83-56-64(71)55-82-88(76,77)84-59-65(57-81-68(73)52-45-38-30-25-21-20-23-27-34-41-48-61(3)4)86-69(74)53-46-39-31-26-19-17-15-14-16-18-24-28-36-43-50-63(7)9-2/h61-66,71H,8-60H2,1-7H3,(H,76,77)(H,78,79)/t63?,64-,65-,66-/m1/s1. The molecule has 0 spiro atoms. The van der Waals surface area contributed by atoms with Crippen molar-refractivity contribution in [1.29, 1.82) is 0 Å². The van der Waals surface area contributed by atoms with Crippen LogP contribution in [0, 0.1) is 17.8 Å². The molecule has 0 aromatic rings. The highest BCUT2D eigenvalue weighted by Gasteiger charge is 2.30. The van der Waals surface area contributed by atoms with E-state index in [2.05, 4.69) is 48.5 Å². The number of carbonyl (C=O) groups is 4. The Morgan fingerprint density at radius 3 is 0.854 bits per heavy atom. The molecule has 0 saturated heterocycles. The van der Waals surface area contributed by atoms with Gasteiger partial charge in [-0.25, -0.2) is 9.13 Å². The number of aliphatic hydroxyl groups excluding tert-OH is 1. The van der Waals surface area contributed by atoms with Crippen LogP contribution in [0.2, 0.25) is 0 Å². The molecule has 0 fully saturated rings. The van der Waals surface area contributed by atoms with Crippen LogP contribution in [0.4, 0.5) is 0 Å². The van der Waals surface area contributed by atoms with Crippen molar-refractivity contribution >= 4 is 39.5 Å². The van der Waals surface area contributed by atoms with E-state index < -0.39 is 97.5 Å². The van der Waals surface area contributed by atoms with E-state index in [-0.39, 0.29) is 25.7 Å². The van der Waals surface area contributed by atoms with E-state index >= 15 is 0 Å². The Kier molecular flexibility index (Phi) is 59.6. The summed E-state index contributed by atoms with van der Waals surface area (Å²) in [5.41, 5.74) is 0. The molecule has 528 valence electrons. The van der Waals surface area contributed by atoms with Gasteiger partial charge in [-0.3, -0.25) is 37.3 Å². The topological polar surface area (TPSA) is 237 Å². The van der Waals surface area contributed by atoms with E-state index in [4.69, 9.17) is 37.0 Å². The van der Waals surface area contributed by atoms with Crippen molar-refractivity contribution in [1.82, 2.24) is 0 Å². The molecule has 19 heteroatoms. The van der Waals surface area contributed by atoms with Gasteiger partial charge in [0, 0.05) is 25.7 Å². The van der Waals surface area contributed by atoms with Gasteiger partial charge >= 0.3 is 39.5 Å². The SMILES string of the molecule is CCCCCCCCCCCC(=O)OC[C@H](COP(=O)(O)OC[C@H](O)COP(=O)(O)OC[C@@H](COC(=O)CCCCCCCCCCCCC(C)C)OC(=O)CCCCCCCCCCCCCCCCC(C)CC)OC(=O)CCCCCCCCC(C)C. The normalized spacial score (nSPS) is 14.5. The Balaban J connectivity index is 5.21. The molecule has 0 aliphatic carbocycles. The molecule has 0 bridgehead atoms. The Morgan fingerprint density at radius 2 is 0.573 bits per heavy atom. The van der Waals surface area contributed by atoms with Crippen molar-refractivity contribution in [3.63, 3.8) is 0 Å². The molecular weight excluding hydrogens is 1170 g/mol. The maximum absolute atomic E-state index is 13.0. The summed E-state index contributed by atoms with van der Waals surface area (Å²) in [5, 5.41) is 10.6. The fraction of sp³-hybridized carbons (Fsp3) is 0.943. The fourth-order valence-electron chi connectivity index (χ4n) is 10.5. The lowest BCUT2D eigenvalue weighted by molar-refractivity contribution is -0.161. The van der Waals surface area contributed by atoms with Crippen molar-refractivity contribution < 1.29 is 80.2 Å². The quantitative estimate of drug-likeness (QED) is 0.0222. The molecular formula is C70H136O17P2. The summed E-state index contributed by atoms with van der Waals surface area (Å²) in [4.78, 5) is 72.4. The van der Waals surface area contributed by atoms with Gasteiger partial charge < -0.3 is 33.8 Å². The lowest BCUT2D eigenvalue weighted by atomic mass is 9.99. The molecule has 89 heavy (non-hydrogen) atoms. The van der Waals surface area contributed by atoms with Crippen LogP contribution in [0.5, 0.6) is 0 Å². The van der Waals surface area contributed by atoms with Crippen molar-refractivity contribution in [2.75, 3.05) is 39.6 Å². The predicted molar refractivity (Wildman–Crippen MR) is 358 cm³/mol. The van der Waals surface area contributed by atoms with Crippen molar-refractivity contribution in [2.24, 2.45) is 17.8 Å². The molecule has 3 N–H and O–H groups in total. The number of unbranched alkanes of at least 4 members (excludes halogenated alkanes) is 35. The zero-order chi connectivity index (χ0) is 65.9. The zero-order valence-electron chi connectivity index (χ0n) is 57.9. The average Bonchev–Trinajstić information content (AvgIpc) is 3.71. The number of aliphatic hydroxyl groups is 1. The minimum Gasteiger partial charge on any atom is -0.462 e. The number of carbonyl (C=O) groups excluding carboxylic acids is 4. The first kappa shape index (κ1) is 87.1. The highest BCUT2D eigenvalue weighted by molar-refractivity contribution is 7.47. The van der Waals surface area contributed by atoms with Gasteiger partial charge in [0.25, 0.3) is 0 Å². The van der Waals surface area contributed by atoms with Gasteiger partial charge in [0.15, 0.2) is 12.2 Å². The molecule has 6 atom stereocenters. The van der Waals surface area contributed by atoms with Crippen LogP contribution in [0.15, 0.2) is 0 Å². The lowest BCUT2D eigenvalue weighted by Crippen LogP contribution is -2.30. The number of hydrogen-bond acceptors (Lipinski definition) is 15. The van der Waals surface area contributed by atoms with Gasteiger partial charge in [0.2, 0.25) is 0 Å². The van der Waals surface area contributed by atoms with E-state index in [9.17, 15) is 43.2 Å². The highest BCUT2D eigenvalue weighted by atomic mass is 31.2. The van der Waals surface area contributed by atoms with E-state index in [1.807, 2.05) is 0 Å². The van der Waals surface area contributed by atoms with Crippen LogP contribution in [0.3, 0.4) is 0 Å². The number of phosphoric acid groups is 2. The minimum atomic E-state index is -4.95. The molecule has 3 unspecified atom stereocenters. The van der Waals surface area contributed by atoms with Crippen LogP contribution >= 0.6 is 15.6 Å². The summed E-state index contributed by atoms with van der Waals surface area (Å²) in [6, 6.07) is 0. The van der Waals surface area contributed by atoms with Gasteiger partial charge in [-0.2, -0.15) is 0 Å². The highest BCUT2D eigenvalue weighted by Crippen LogP contribution is 2.45. The number of esters is 4. The molecule has 0 aliphatic rings. The molecule has 0 rings (SSSR count). The second kappa shape index (κ2) is 61.0. The summed E-state index contributed by atoms with van der Waals surface area (Å²) in [6.45, 7) is 11.8. The first-order chi connectivity index (χ1) is 42.8. The van der Waals surface area contributed by atoms with Gasteiger partial charge in [-0.05, 0) is 43.4 Å².